The van der Waals surface area contributed by atoms with Gasteiger partial charge in [-0.3, -0.25) is 9.10 Å². The second-order valence-electron chi connectivity index (χ2n) is 8.05. The first-order valence-electron chi connectivity index (χ1n) is 11.4. The fourth-order valence-electron chi connectivity index (χ4n) is 3.42. The number of carbonyl (C=O) groups is 1. The molecule has 10 heteroatoms. The van der Waals surface area contributed by atoms with Crippen molar-refractivity contribution < 1.29 is 17.9 Å². The van der Waals surface area contributed by atoms with Crippen molar-refractivity contribution in [2.24, 2.45) is 5.10 Å². The van der Waals surface area contributed by atoms with Crippen LogP contribution < -0.4 is 14.5 Å². The van der Waals surface area contributed by atoms with Gasteiger partial charge in [-0.05, 0) is 71.8 Å². The first kappa shape index (κ1) is 27.2. The summed E-state index contributed by atoms with van der Waals surface area (Å²) in [6, 6.07) is 28.8. The topological polar surface area (TPSA) is 88.1 Å². The Hall–Kier alpha value is -3.85. The molecule has 0 aromatic heterocycles. The molecule has 4 aromatic carbocycles. The number of nitrogens with one attached hydrogen (secondary N) is 1. The van der Waals surface area contributed by atoms with Gasteiger partial charge in [0.2, 0.25) is 0 Å². The minimum atomic E-state index is -4.07. The van der Waals surface area contributed by atoms with E-state index < -0.39 is 22.5 Å². The predicted octanol–water partition coefficient (Wildman–Crippen LogP) is 5.92. The largest absolute Gasteiger partial charge is 0.489 e. The standard InChI is InChI=1S/C28H23Cl2N3O4S/c29-23-14-10-22(11-15-23)20-37-24-16-12-21(13-17-24)18-31-32-28(34)19-33(27-9-5-4-8-26(27)30)38(35,36)25-6-2-1-3-7-25/h1-18H,19-20H2,(H,32,34)/b31-18-. The molecule has 0 saturated heterocycles. The van der Waals surface area contributed by atoms with Gasteiger partial charge in [0.1, 0.15) is 18.9 Å². The van der Waals surface area contributed by atoms with Crippen LogP contribution in [0, 0.1) is 0 Å². The van der Waals surface area contributed by atoms with Gasteiger partial charge >= 0.3 is 0 Å². The fraction of sp³-hybridized carbons (Fsp3) is 0.0714. The highest BCUT2D eigenvalue weighted by Crippen LogP contribution is 2.30. The molecule has 0 aliphatic heterocycles. The Morgan fingerprint density at radius 3 is 2.21 bits per heavy atom. The Kier molecular flexibility index (Phi) is 9.02. The molecule has 0 radical (unpaired) electrons. The molecule has 38 heavy (non-hydrogen) atoms. The SMILES string of the molecule is O=C(CN(c1ccccc1Cl)S(=O)(=O)c1ccccc1)N/N=C\c1ccc(OCc2ccc(Cl)cc2)cc1. The summed E-state index contributed by atoms with van der Waals surface area (Å²) in [5, 5.41) is 4.83. The van der Waals surface area contributed by atoms with E-state index >= 15 is 0 Å². The van der Waals surface area contributed by atoms with E-state index in [1.165, 1.54) is 24.4 Å². The number of anilines is 1. The van der Waals surface area contributed by atoms with E-state index in [-0.39, 0.29) is 15.6 Å². The van der Waals surface area contributed by atoms with Crippen molar-refractivity contribution in [1.82, 2.24) is 5.43 Å². The summed E-state index contributed by atoms with van der Waals surface area (Å²) in [7, 11) is -4.07. The Labute approximate surface area is 231 Å². The van der Waals surface area contributed by atoms with Crippen molar-refractivity contribution in [3.05, 3.63) is 124 Å². The molecular weight excluding hydrogens is 545 g/mol. The zero-order chi connectivity index (χ0) is 27.0. The van der Waals surface area contributed by atoms with Crippen LogP contribution in [0.3, 0.4) is 0 Å². The Morgan fingerprint density at radius 2 is 1.53 bits per heavy atom. The van der Waals surface area contributed by atoms with Gasteiger partial charge in [-0.1, -0.05) is 65.7 Å². The number of hydrazone groups is 1. The molecule has 0 atom stereocenters. The molecule has 0 aliphatic carbocycles. The Bertz CT molecular complexity index is 1510. The number of rotatable bonds is 10. The lowest BCUT2D eigenvalue weighted by molar-refractivity contribution is -0.119. The Balaban J connectivity index is 1.39. The van der Waals surface area contributed by atoms with Crippen molar-refractivity contribution in [3.63, 3.8) is 0 Å². The molecule has 4 rings (SSSR count). The minimum Gasteiger partial charge on any atom is -0.489 e. The van der Waals surface area contributed by atoms with Crippen molar-refractivity contribution in [2.45, 2.75) is 11.5 Å². The zero-order valence-electron chi connectivity index (χ0n) is 20.0. The number of para-hydroxylation sites is 1. The maximum atomic E-state index is 13.3. The molecule has 0 heterocycles. The van der Waals surface area contributed by atoms with Crippen LogP contribution in [0.25, 0.3) is 0 Å². The van der Waals surface area contributed by atoms with Gasteiger partial charge in [0, 0.05) is 5.02 Å². The molecule has 194 valence electrons. The minimum absolute atomic E-state index is 0.0367. The van der Waals surface area contributed by atoms with E-state index in [2.05, 4.69) is 10.5 Å². The van der Waals surface area contributed by atoms with E-state index in [1.807, 2.05) is 12.1 Å². The zero-order valence-corrected chi connectivity index (χ0v) is 22.3. The van der Waals surface area contributed by atoms with Crippen LogP contribution in [-0.2, 0) is 21.4 Å². The molecule has 0 fully saturated rings. The summed E-state index contributed by atoms with van der Waals surface area (Å²) in [4.78, 5) is 12.7. The fourth-order valence-corrected chi connectivity index (χ4v) is 5.29. The average Bonchev–Trinajstić information content (AvgIpc) is 2.93. The lowest BCUT2D eigenvalue weighted by atomic mass is 10.2. The van der Waals surface area contributed by atoms with Crippen molar-refractivity contribution >= 4 is 51.0 Å². The van der Waals surface area contributed by atoms with Crippen LogP contribution in [-0.4, -0.2) is 27.1 Å². The monoisotopic (exact) mass is 567 g/mol. The first-order chi connectivity index (χ1) is 18.3. The summed E-state index contributed by atoms with van der Waals surface area (Å²) < 4.78 is 33.4. The van der Waals surface area contributed by atoms with Gasteiger partial charge in [0.15, 0.2) is 0 Å². The lowest BCUT2D eigenvalue weighted by Crippen LogP contribution is -2.39. The summed E-state index contributed by atoms with van der Waals surface area (Å²) in [5.74, 6) is 0.0335. The summed E-state index contributed by atoms with van der Waals surface area (Å²) in [5.41, 5.74) is 4.27. The highest BCUT2D eigenvalue weighted by molar-refractivity contribution is 7.92. The number of carbonyl (C=O) groups excluding carboxylic acids is 1. The maximum Gasteiger partial charge on any atom is 0.264 e. The molecule has 0 spiro atoms. The first-order valence-corrected chi connectivity index (χ1v) is 13.6. The third kappa shape index (κ3) is 7.13. The molecule has 0 saturated carbocycles. The van der Waals surface area contributed by atoms with Gasteiger partial charge in [0.25, 0.3) is 15.9 Å². The van der Waals surface area contributed by atoms with Gasteiger partial charge < -0.3 is 4.74 Å². The summed E-state index contributed by atoms with van der Waals surface area (Å²) in [6.45, 7) is -0.121. The normalized spacial score (nSPS) is 11.3. The Morgan fingerprint density at radius 1 is 0.868 bits per heavy atom. The molecule has 1 amide bonds. The van der Waals surface area contributed by atoms with Gasteiger partial charge in [-0.2, -0.15) is 5.10 Å². The van der Waals surface area contributed by atoms with Crippen molar-refractivity contribution in [1.29, 1.82) is 0 Å². The van der Waals surface area contributed by atoms with E-state index in [9.17, 15) is 13.2 Å². The van der Waals surface area contributed by atoms with Crippen LogP contribution in [0.5, 0.6) is 5.75 Å². The van der Waals surface area contributed by atoms with Gasteiger partial charge in [-0.15, -0.1) is 0 Å². The highest BCUT2D eigenvalue weighted by atomic mass is 35.5. The molecule has 0 aliphatic rings. The van der Waals surface area contributed by atoms with Crippen LogP contribution in [0.4, 0.5) is 5.69 Å². The molecule has 4 aromatic rings. The highest BCUT2D eigenvalue weighted by Gasteiger charge is 2.28. The van der Waals surface area contributed by atoms with Crippen molar-refractivity contribution in [3.8, 4) is 5.75 Å². The molecule has 0 bridgehead atoms. The number of nitrogens with zero attached hydrogens (tertiary/aromatic N) is 2. The quantitative estimate of drug-likeness (QED) is 0.190. The number of amides is 1. The number of hydrogen-bond donors (Lipinski definition) is 1. The number of benzene rings is 4. The molecule has 0 unspecified atom stereocenters. The van der Waals surface area contributed by atoms with E-state index in [4.69, 9.17) is 27.9 Å². The van der Waals surface area contributed by atoms with Crippen LogP contribution in [0.1, 0.15) is 11.1 Å². The summed E-state index contributed by atoms with van der Waals surface area (Å²) >= 11 is 12.2. The second kappa shape index (κ2) is 12.6. The van der Waals surface area contributed by atoms with E-state index in [0.717, 1.165) is 9.87 Å². The van der Waals surface area contributed by atoms with Crippen LogP contribution in [0.2, 0.25) is 10.0 Å². The van der Waals surface area contributed by atoms with Crippen LogP contribution >= 0.6 is 23.2 Å². The molecule has 7 nitrogen and oxygen atoms in total. The smallest absolute Gasteiger partial charge is 0.264 e. The van der Waals surface area contributed by atoms with E-state index in [0.29, 0.717) is 22.9 Å². The van der Waals surface area contributed by atoms with E-state index in [1.54, 1.807) is 72.8 Å². The van der Waals surface area contributed by atoms with Crippen LogP contribution in [0.15, 0.2) is 113 Å². The van der Waals surface area contributed by atoms with Crippen molar-refractivity contribution in [2.75, 3.05) is 10.8 Å². The average molecular weight is 568 g/mol. The lowest BCUT2D eigenvalue weighted by Gasteiger charge is -2.24. The number of ether oxygens (including phenoxy) is 1. The number of hydrogen-bond acceptors (Lipinski definition) is 5. The van der Waals surface area contributed by atoms with Gasteiger partial charge in [-0.25, -0.2) is 13.8 Å². The third-order valence-corrected chi connectivity index (χ3v) is 7.69. The molecule has 1 N–H and O–H groups in total. The van der Waals surface area contributed by atoms with Gasteiger partial charge in [0.05, 0.1) is 21.8 Å². The summed E-state index contributed by atoms with van der Waals surface area (Å²) in [6.07, 6.45) is 1.45. The maximum absolute atomic E-state index is 13.3. The number of sulfonamides is 1. The third-order valence-electron chi connectivity index (χ3n) is 5.34. The predicted molar refractivity (Wildman–Crippen MR) is 150 cm³/mol. The molecular formula is C28H23Cl2N3O4S. The second-order valence-corrected chi connectivity index (χ2v) is 10.8. The number of halogens is 2.